The predicted octanol–water partition coefficient (Wildman–Crippen LogP) is 4.16. The summed E-state index contributed by atoms with van der Waals surface area (Å²) in [5.41, 5.74) is 2.23. The summed E-state index contributed by atoms with van der Waals surface area (Å²) in [5, 5.41) is 10.4. The number of ketones is 1. The van der Waals surface area contributed by atoms with E-state index in [1.165, 1.54) is 11.1 Å². The zero-order valence-electron chi connectivity index (χ0n) is 14.5. The van der Waals surface area contributed by atoms with E-state index >= 15 is 0 Å². The van der Waals surface area contributed by atoms with Gasteiger partial charge >= 0.3 is 0 Å². The van der Waals surface area contributed by atoms with Gasteiger partial charge in [-0.15, -0.1) is 0 Å². The van der Waals surface area contributed by atoms with Crippen LogP contribution in [0.1, 0.15) is 52.0 Å². The van der Waals surface area contributed by atoms with Gasteiger partial charge in [0.05, 0.1) is 12.5 Å². The van der Waals surface area contributed by atoms with Crippen LogP contribution >= 0.6 is 0 Å². The number of aliphatic hydroxyl groups is 1. The third-order valence-electron chi connectivity index (χ3n) is 6.98. The molecule has 4 atom stereocenters. The fourth-order valence-electron chi connectivity index (χ4n) is 5.10. The van der Waals surface area contributed by atoms with Crippen molar-refractivity contribution >= 4 is 5.78 Å². The molecule has 1 heterocycles. The second kappa shape index (κ2) is 5.94. The van der Waals surface area contributed by atoms with Gasteiger partial charge in [0.2, 0.25) is 0 Å². The van der Waals surface area contributed by atoms with Crippen molar-refractivity contribution in [2.24, 2.45) is 22.7 Å². The zero-order valence-corrected chi connectivity index (χ0v) is 14.5. The van der Waals surface area contributed by atoms with Crippen molar-refractivity contribution in [2.45, 2.75) is 52.9 Å². The number of aliphatic hydroxyl groups excluding tert-OH is 1. The van der Waals surface area contributed by atoms with Crippen LogP contribution in [0.3, 0.4) is 0 Å². The second-order valence-electron chi connectivity index (χ2n) is 7.93. The van der Waals surface area contributed by atoms with Gasteiger partial charge in [-0.25, -0.2) is 0 Å². The Kier molecular flexibility index (Phi) is 4.26. The molecular weight excluding hydrogens is 288 g/mol. The standard InChI is InChI=1S/C20H28O3/c1-14-4-7-19(3)15(2)10-17(22)11-18(19)20(14,13-21)8-5-16-6-9-23-12-16/h6,9-10,12,14,18,21H,4-5,7-8,11,13H2,1-3H3. The molecule has 0 aromatic carbocycles. The number of allylic oxidation sites excluding steroid dienone is 2. The van der Waals surface area contributed by atoms with Crippen LogP contribution in [0.5, 0.6) is 0 Å². The summed E-state index contributed by atoms with van der Waals surface area (Å²) < 4.78 is 5.18. The van der Waals surface area contributed by atoms with Crippen LogP contribution in [-0.4, -0.2) is 17.5 Å². The molecule has 2 aliphatic rings. The number of fused-ring (bicyclic) bond motifs is 1. The monoisotopic (exact) mass is 316 g/mol. The maximum absolute atomic E-state index is 12.2. The molecule has 23 heavy (non-hydrogen) atoms. The molecule has 3 nitrogen and oxygen atoms in total. The van der Waals surface area contributed by atoms with Crippen molar-refractivity contribution in [3.63, 3.8) is 0 Å². The van der Waals surface area contributed by atoms with Crippen molar-refractivity contribution < 1.29 is 14.3 Å². The number of hydrogen-bond acceptors (Lipinski definition) is 3. The maximum Gasteiger partial charge on any atom is 0.155 e. The molecule has 1 aromatic rings. The number of carbonyl (C=O) groups is 1. The summed E-state index contributed by atoms with van der Waals surface area (Å²) in [6, 6.07) is 1.99. The molecule has 3 heteroatoms. The van der Waals surface area contributed by atoms with Crippen LogP contribution in [0.2, 0.25) is 0 Å². The summed E-state index contributed by atoms with van der Waals surface area (Å²) in [6.07, 6.45) is 9.92. The van der Waals surface area contributed by atoms with E-state index in [1.807, 2.05) is 12.1 Å². The predicted molar refractivity (Wildman–Crippen MR) is 89.9 cm³/mol. The molecule has 0 radical (unpaired) electrons. The molecule has 1 aromatic heterocycles. The molecular formula is C20H28O3. The van der Waals surface area contributed by atoms with Gasteiger partial charge in [0.1, 0.15) is 0 Å². The molecule has 1 fully saturated rings. The fraction of sp³-hybridized carbons (Fsp3) is 0.650. The van der Waals surface area contributed by atoms with Gasteiger partial charge in [0, 0.05) is 18.4 Å². The second-order valence-corrected chi connectivity index (χ2v) is 7.93. The third-order valence-corrected chi connectivity index (χ3v) is 6.98. The molecule has 0 spiro atoms. The Morgan fingerprint density at radius 2 is 2.22 bits per heavy atom. The molecule has 0 aliphatic heterocycles. The van der Waals surface area contributed by atoms with E-state index in [2.05, 4.69) is 20.8 Å². The molecule has 0 bridgehead atoms. The Morgan fingerprint density at radius 3 is 2.87 bits per heavy atom. The molecule has 126 valence electrons. The fourth-order valence-corrected chi connectivity index (χ4v) is 5.10. The molecule has 1 saturated carbocycles. The van der Waals surface area contributed by atoms with E-state index in [9.17, 15) is 9.90 Å². The first kappa shape index (κ1) is 16.5. The highest BCUT2D eigenvalue weighted by Crippen LogP contribution is 2.61. The number of aryl methyl sites for hydroxylation is 1. The van der Waals surface area contributed by atoms with E-state index in [-0.39, 0.29) is 29.1 Å². The summed E-state index contributed by atoms with van der Waals surface area (Å²) in [6.45, 7) is 6.80. The largest absolute Gasteiger partial charge is 0.472 e. The van der Waals surface area contributed by atoms with E-state index in [0.717, 1.165) is 25.7 Å². The first-order valence-electron chi connectivity index (χ1n) is 8.76. The van der Waals surface area contributed by atoms with Gasteiger partial charge in [-0.2, -0.15) is 0 Å². The molecule has 4 unspecified atom stereocenters. The summed E-state index contributed by atoms with van der Waals surface area (Å²) in [5.74, 6) is 0.879. The van der Waals surface area contributed by atoms with Gasteiger partial charge in [-0.1, -0.05) is 19.4 Å². The Bertz CT molecular complexity index is 600. The molecule has 0 amide bonds. The normalized spacial score (nSPS) is 37.4. The van der Waals surface area contributed by atoms with Crippen molar-refractivity contribution in [1.29, 1.82) is 0 Å². The minimum atomic E-state index is -0.185. The molecule has 1 N–H and O–H groups in total. The molecule has 2 aliphatic carbocycles. The van der Waals surface area contributed by atoms with Crippen molar-refractivity contribution in [2.75, 3.05) is 6.61 Å². The number of carbonyl (C=O) groups excluding carboxylic acids is 1. The lowest BCUT2D eigenvalue weighted by atomic mass is 9.46. The minimum Gasteiger partial charge on any atom is -0.472 e. The topological polar surface area (TPSA) is 50.4 Å². The third kappa shape index (κ3) is 2.59. The van der Waals surface area contributed by atoms with Gasteiger partial charge in [-0.3, -0.25) is 4.79 Å². The summed E-state index contributed by atoms with van der Waals surface area (Å²) in [7, 11) is 0. The number of hydrogen-bond donors (Lipinski definition) is 1. The highest BCUT2D eigenvalue weighted by molar-refractivity contribution is 5.92. The smallest absolute Gasteiger partial charge is 0.155 e. The maximum atomic E-state index is 12.2. The lowest BCUT2D eigenvalue weighted by molar-refractivity contribution is -0.129. The average Bonchev–Trinajstić information content (AvgIpc) is 3.03. The van der Waals surface area contributed by atoms with Gasteiger partial charge in [-0.05, 0) is 67.6 Å². The lowest BCUT2D eigenvalue weighted by Crippen LogP contribution is -2.54. The van der Waals surface area contributed by atoms with Crippen LogP contribution in [-0.2, 0) is 11.2 Å². The van der Waals surface area contributed by atoms with Crippen LogP contribution < -0.4 is 0 Å². The lowest BCUT2D eigenvalue weighted by Gasteiger charge is -2.58. The van der Waals surface area contributed by atoms with Crippen LogP contribution in [0, 0.1) is 22.7 Å². The van der Waals surface area contributed by atoms with Gasteiger partial charge in [0.25, 0.3) is 0 Å². The first-order chi connectivity index (χ1) is 10.9. The van der Waals surface area contributed by atoms with Crippen LogP contribution in [0.15, 0.2) is 34.7 Å². The molecule has 3 rings (SSSR count). The summed E-state index contributed by atoms with van der Waals surface area (Å²) >= 11 is 0. The van der Waals surface area contributed by atoms with Crippen molar-refractivity contribution in [3.05, 3.63) is 35.8 Å². The van der Waals surface area contributed by atoms with E-state index in [0.29, 0.717) is 12.3 Å². The quantitative estimate of drug-likeness (QED) is 0.907. The minimum absolute atomic E-state index is 0.0412. The first-order valence-corrected chi connectivity index (χ1v) is 8.76. The summed E-state index contributed by atoms with van der Waals surface area (Å²) in [4.78, 5) is 12.2. The van der Waals surface area contributed by atoms with Crippen LogP contribution in [0.4, 0.5) is 0 Å². The van der Waals surface area contributed by atoms with Gasteiger partial charge < -0.3 is 9.52 Å². The van der Waals surface area contributed by atoms with Gasteiger partial charge in [0.15, 0.2) is 5.78 Å². The van der Waals surface area contributed by atoms with E-state index in [1.54, 1.807) is 12.5 Å². The number of rotatable bonds is 4. The molecule has 0 saturated heterocycles. The Hall–Kier alpha value is -1.35. The van der Waals surface area contributed by atoms with E-state index < -0.39 is 0 Å². The zero-order chi connectivity index (χ0) is 16.7. The van der Waals surface area contributed by atoms with E-state index in [4.69, 9.17) is 4.42 Å². The Labute approximate surface area is 138 Å². The highest BCUT2D eigenvalue weighted by atomic mass is 16.3. The highest BCUT2D eigenvalue weighted by Gasteiger charge is 2.56. The van der Waals surface area contributed by atoms with Crippen molar-refractivity contribution in [3.8, 4) is 0 Å². The SMILES string of the molecule is CC1=CC(=O)CC2C1(C)CCC(C)C2(CO)CCc1ccoc1. The Balaban J connectivity index is 1.95. The van der Waals surface area contributed by atoms with Crippen LogP contribution in [0.25, 0.3) is 0 Å². The number of furan rings is 1. The van der Waals surface area contributed by atoms with Crippen molar-refractivity contribution in [1.82, 2.24) is 0 Å². The Morgan fingerprint density at radius 1 is 1.43 bits per heavy atom. The average molecular weight is 316 g/mol.